The van der Waals surface area contributed by atoms with Crippen LogP contribution in [0.1, 0.15) is 11.1 Å². The molecule has 1 aromatic carbocycles. The second-order valence-electron chi connectivity index (χ2n) is 2.76. The molecule has 0 unspecified atom stereocenters. The zero-order chi connectivity index (χ0) is 7.68. The van der Waals surface area contributed by atoms with Crippen LogP contribution in [-0.4, -0.2) is 0 Å². The van der Waals surface area contributed by atoms with E-state index in [-0.39, 0.29) is 0 Å². The van der Waals surface area contributed by atoms with Gasteiger partial charge in [0.1, 0.15) is 0 Å². The number of hydrogen-bond donors (Lipinski definition) is 0. The van der Waals surface area contributed by atoms with Gasteiger partial charge in [-0.05, 0) is 23.1 Å². The van der Waals surface area contributed by atoms with Crippen molar-refractivity contribution in [1.82, 2.24) is 0 Å². The van der Waals surface area contributed by atoms with Gasteiger partial charge in [-0.2, -0.15) is 0 Å². The minimum atomic E-state index is 0.993. The Balaban J connectivity index is 2.47. The van der Waals surface area contributed by atoms with Crippen LogP contribution >= 0.6 is 0 Å². The maximum atomic E-state index is 5.42. The minimum Gasteiger partial charge on any atom is -0.0620 e. The highest BCUT2D eigenvalue weighted by Crippen LogP contribution is 2.24. The standard InChI is InChI=1S/C11H9/c1-2-9-7-10-5-3-4-6-11(10)8-9/h1-7H,8H2. The Bertz CT molecular complexity index is 319. The molecule has 0 bridgehead atoms. The molecule has 0 heterocycles. The topological polar surface area (TPSA) is 0 Å². The molecule has 0 amide bonds. The molecule has 11 heavy (non-hydrogen) atoms. The van der Waals surface area contributed by atoms with E-state index in [9.17, 15) is 0 Å². The molecule has 0 atom stereocenters. The highest BCUT2D eigenvalue weighted by Gasteiger charge is 2.07. The van der Waals surface area contributed by atoms with Crippen molar-refractivity contribution in [2.45, 2.75) is 6.42 Å². The first-order chi connectivity index (χ1) is 5.40. The number of hydrogen-bond acceptors (Lipinski definition) is 0. The Morgan fingerprint density at radius 1 is 1.27 bits per heavy atom. The highest BCUT2D eigenvalue weighted by molar-refractivity contribution is 5.65. The summed E-state index contributed by atoms with van der Waals surface area (Å²) >= 11 is 0. The summed E-state index contributed by atoms with van der Waals surface area (Å²) in [7, 11) is 0. The molecular formula is C11H9. The van der Waals surface area contributed by atoms with Crippen molar-refractivity contribution >= 4 is 6.08 Å². The van der Waals surface area contributed by atoms with Crippen molar-refractivity contribution in [2.75, 3.05) is 0 Å². The normalized spacial score (nSPS) is 14.0. The van der Waals surface area contributed by atoms with Crippen molar-refractivity contribution in [3.05, 3.63) is 53.6 Å². The Hall–Kier alpha value is -1.30. The molecule has 2 rings (SSSR count). The first-order valence-electron chi connectivity index (χ1n) is 3.73. The van der Waals surface area contributed by atoms with Gasteiger partial charge in [0.25, 0.3) is 0 Å². The fraction of sp³-hybridized carbons (Fsp3) is 0.0909. The van der Waals surface area contributed by atoms with E-state index in [4.69, 9.17) is 6.58 Å². The number of benzene rings is 1. The molecule has 1 aromatic rings. The summed E-state index contributed by atoms with van der Waals surface area (Å²) in [5, 5.41) is 0. The van der Waals surface area contributed by atoms with Crippen LogP contribution in [0.2, 0.25) is 0 Å². The molecule has 1 aliphatic carbocycles. The van der Waals surface area contributed by atoms with Gasteiger partial charge in [-0.3, -0.25) is 0 Å². The van der Waals surface area contributed by atoms with Crippen molar-refractivity contribution in [3.63, 3.8) is 0 Å². The first-order valence-corrected chi connectivity index (χ1v) is 3.73. The summed E-state index contributed by atoms with van der Waals surface area (Å²) in [5.74, 6) is 0. The molecule has 1 aliphatic rings. The Labute approximate surface area is 66.9 Å². The van der Waals surface area contributed by atoms with Crippen LogP contribution in [0, 0.1) is 6.58 Å². The van der Waals surface area contributed by atoms with E-state index in [0.29, 0.717) is 0 Å². The van der Waals surface area contributed by atoms with Crippen LogP contribution in [0.25, 0.3) is 6.08 Å². The second kappa shape index (κ2) is 2.39. The number of allylic oxidation sites excluding steroid dienone is 2. The molecule has 0 fully saturated rings. The summed E-state index contributed by atoms with van der Waals surface area (Å²) in [4.78, 5) is 0. The fourth-order valence-electron chi connectivity index (χ4n) is 1.41. The van der Waals surface area contributed by atoms with Gasteiger partial charge in [0.15, 0.2) is 0 Å². The molecule has 0 saturated heterocycles. The molecule has 0 N–H and O–H groups in total. The Kier molecular flexibility index (Phi) is 1.39. The third-order valence-corrected chi connectivity index (χ3v) is 2.00. The van der Waals surface area contributed by atoms with Gasteiger partial charge in [0.05, 0.1) is 0 Å². The highest BCUT2D eigenvalue weighted by atomic mass is 14.1. The molecule has 0 nitrogen and oxygen atoms in total. The summed E-state index contributed by atoms with van der Waals surface area (Å²) < 4.78 is 0. The minimum absolute atomic E-state index is 0.993. The van der Waals surface area contributed by atoms with Gasteiger partial charge in [-0.15, -0.1) is 0 Å². The molecule has 0 heteroatoms. The zero-order valence-electron chi connectivity index (χ0n) is 6.25. The lowest BCUT2D eigenvalue weighted by Crippen LogP contribution is -1.80. The van der Waals surface area contributed by atoms with Crippen molar-refractivity contribution in [1.29, 1.82) is 0 Å². The maximum absolute atomic E-state index is 5.42. The van der Waals surface area contributed by atoms with Crippen molar-refractivity contribution in [3.8, 4) is 0 Å². The summed E-state index contributed by atoms with van der Waals surface area (Å²) in [5.41, 5.74) is 3.90. The van der Waals surface area contributed by atoms with Crippen LogP contribution in [0.15, 0.2) is 35.9 Å². The third kappa shape index (κ3) is 1.01. The monoisotopic (exact) mass is 141 g/mol. The SMILES string of the molecule is [CH]=CC1=Cc2ccccc2C1. The van der Waals surface area contributed by atoms with Gasteiger partial charge < -0.3 is 0 Å². The van der Waals surface area contributed by atoms with Crippen LogP contribution in [0.5, 0.6) is 0 Å². The van der Waals surface area contributed by atoms with Gasteiger partial charge in [-0.25, -0.2) is 0 Å². The van der Waals surface area contributed by atoms with E-state index >= 15 is 0 Å². The average molecular weight is 141 g/mol. The lowest BCUT2D eigenvalue weighted by molar-refractivity contribution is 1.25. The van der Waals surface area contributed by atoms with Crippen LogP contribution < -0.4 is 0 Å². The van der Waals surface area contributed by atoms with Crippen LogP contribution in [-0.2, 0) is 6.42 Å². The van der Waals surface area contributed by atoms with Crippen LogP contribution in [0.4, 0.5) is 0 Å². The first kappa shape index (κ1) is 6.41. The maximum Gasteiger partial charge on any atom is -0.00196 e. The van der Waals surface area contributed by atoms with Crippen LogP contribution in [0.3, 0.4) is 0 Å². The molecule has 0 aromatic heterocycles. The van der Waals surface area contributed by atoms with Gasteiger partial charge in [0.2, 0.25) is 0 Å². The molecule has 0 spiro atoms. The lowest BCUT2D eigenvalue weighted by Gasteiger charge is -1.94. The molecule has 0 saturated carbocycles. The van der Waals surface area contributed by atoms with E-state index in [1.165, 1.54) is 16.7 Å². The summed E-state index contributed by atoms with van der Waals surface area (Å²) in [6, 6.07) is 8.37. The Morgan fingerprint density at radius 3 is 2.82 bits per heavy atom. The van der Waals surface area contributed by atoms with Gasteiger partial charge in [0, 0.05) is 0 Å². The van der Waals surface area contributed by atoms with E-state index in [0.717, 1.165) is 6.42 Å². The third-order valence-electron chi connectivity index (χ3n) is 2.00. The lowest BCUT2D eigenvalue weighted by atomic mass is 10.1. The van der Waals surface area contributed by atoms with E-state index in [2.05, 4.69) is 30.3 Å². The molecular weight excluding hydrogens is 132 g/mol. The number of rotatable bonds is 1. The predicted octanol–water partition coefficient (Wildman–Crippen LogP) is 2.62. The van der Waals surface area contributed by atoms with Gasteiger partial charge in [-0.1, -0.05) is 43.0 Å². The van der Waals surface area contributed by atoms with E-state index < -0.39 is 0 Å². The average Bonchev–Trinajstić information content (AvgIpc) is 2.46. The van der Waals surface area contributed by atoms with Crippen molar-refractivity contribution < 1.29 is 0 Å². The number of fused-ring (bicyclic) bond motifs is 1. The smallest absolute Gasteiger partial charge is 0.00196 e. The summed E-state index contributed by atoms with van der Waals surface area (Å²) in [6.45, 7) is 5.42. The summed E-state index contributed by atoms with van der Waals surface area (Å²) in [6.07, 6.45) is 4.81. The fourth-order valence-corrected chi connectivity index (χ4v) is 1.41. The van der Waals surface area contributed by atoms with Crippen molar-refractivity contribution in [2.24, 2.45) is 0 Å². The zero-order valence-corrected chi connectivity index (χ0v) is 6.25. The second-order valence-corrected chi connectivity index (χ2v) is 2.76. The predicted molar refractivity (Wildman–Crippen MR) is 47.0 cm³/mol. The van der Waals surface area contributed by atoms with Gasteiger partial charge >= 0.3 is 0 Å². The molecule has 1 radical (unpaired) electrons. The largest absolute Gasteiger partial charge is 0.0620 e. The molecule has 53 valence electrons. The Morgan fingerprint density at radius 2 is 2.09 bits per heavy atom. The van der Waals surface area contributed by atoms with E-state index in [1.54, 1.807) is 6.08 Å². The molecule has 0 aliphatic heterocycles. The van der Waals surface area contributed by atoms with E-state index in [1.807, 2.05) is 0 Å². The quantitative estimate of drug-likeness (QED) is 0.564.